The largest absolute Gasteiger partial charge is 0.480 e. The molecule has 1 unspecified atom stereocenters. The van der Waals surface area contributed by atoms with Gasteiger partial charge < -0.3 is 21.3 Å². The van der Waals surface area contributed by atoms with Gasteiger partial charge >= 0.3 is 5.97 Å². The number of aliphatic hydroxyl groups is 1. The number of carboxylic acids is 1. The number of carbonyl (C=O) groups is 2. The molecule has 128 valence electrons. The molecule has 0 bridgehead atoms. The third-order valence-corrected chi connectivity index (χ3v) is 3.38. The van der Waals surface area contributed by atoms with Gasteiger partial charge in [-0.05, 0) is 43.9 Å². The number of aryl methyl sites for hydroxylation is 1. The first-order valence-corrected chi connectivity index (χ1v) is 7.13. The Morgan fingerprint density at radius 2 is 1.96 bits per heavy atom. The van der Waals surface area contributed by atoms with Crippen LogP contribution < -0.4 is 11.1 Å². The lowest BCUT2D eigenvalue weighted by molar-refractivity contribution is -0.142. The summed E-state index contributed by atoms with van der Waals surface area (Å²) in [6.45, 7) is 1.32. The lowest BCUT2D eigenvalue weighted by atomic mass is 10.0. The standard InChI is InChI=1S/C15H20F2N2O4/c1-8(20)13(18)14(21)19-12(15(22)23)4-2-3-9-5-6-10(16)11(17)7-9/h5-8,12-13,20H,2-4,18H2,1H3,(H,19,21)(H,22,23)/t8-,12?,13+/m0/s1. The Hall–Kier alpha value is -2.06. The van der Waals surface area contributed by atoms with E-state index in [2.05, 4.69) is 5.32 Å². The molecule has 0 fully saturated rings. The molecule has 0 aliphatic rings. The van der Waals surface area contributed by atoms with Gasteiger partial charge in [0.15, 0.2) is 11.6 Å². The van der Waals surface area contributed by atoms with Crippen LogP contribution in [0.4, 0.5) is 8.78 Å². The van der Waals surface area contributed by atoms with Gasteiger partial charge in [-0.2, -0.15) is 0 Å². The Labute approximate surface area is 132 Å². The zero-order valence-corrected chi connectivity index (χ0v) is 12.6. The number of amides is 1. The molecule has 0 aromatic heterocycles. The van der Waals surface area contributed by atoms with Crippen molar-refractivity contribution < 1.29 is 28.6 Å². The number of aliphatic hydroxyl groups excluding tert-OH is 1. The number of benzene rings is 1. The average Bonchev–Trinajstić information content (AvgIpc) is 2.48. The molecule has 8 heteroatoms. The van der Waals surface area contributed by atoms with Crippen LogP contribution in [0.1, 0.15) is 25.3 Å². The van der Waals surface area contributed by atoms with Gasteiger partial charge in [0.05, 0.1) is 6.10 Å². The van der Waals surface area contributed by atoms with Crippen LogP contribution in [0.2, 0.25) is 0 Å². The number of carbonyl (C=O) groups excluding carboxylic acids is 1. The predicted octanol–water partition coefficient (Wildman–Crippen LogP) is 0.565. The molecular weight excluding hydrogens is 310 g/mol. The Morgan fingerprint density at radius 1 is 1.30 bits per heavy atom. The number of rotatable bonds is 8. The smallest absolute Gasteiger partial charge is 0.326 e. The first kappa shape index (κ1) is 19.0. The van der Waals surface area contributed by atoms with Gasteiger partial charge in [-0.25, -0.2) is 13.6 Å². The number of aliphatic carboxylic acids is 1. The molecule has 0 aliphatic heterocycles. The SMILES string of the molecule is C[C@H](O)[C@@H](N)C(=O)NC(CCCc1ccc(F)c(F)c1)C(=O)O. The molecule has 0 radical (unpaired) electrons. The first-order valence-electron chi connectivity index (χ1n) is 7.13. The van der Waals surface area contributed by atoms with Crippen molar-refractivity contribution >= 4 is 11.9 Å². The topological polar surface area (TPSA) is 113 Å². The molecule has 1 rings (SSSR count). The summed E-state index contributed by atoms with van der Waals surface area (Å²) >= 11 is 0. The molecule has 6 nitrogen and oxygen atoms in total. The van der Waals surface area contributed by atoms with E-state index in [0.29, 0.717) is 18.4 Å². The van der Waals surface area contributed by atoms with Crippen LogP contribution in [0, 0.1) is 11.6 Å². The normalized spacial score (nSPS) is 14.8. The van der Waals surface area contributed by atoms with Crippen molar-refractivity contribution in [1.29, 1.82) is 0 Å². The van der Waals surface area contributed by atoms with Crippen LogP contribution in [0.3, 0.4) is 0 Å². The molecule has 0 aliphatic carbocycles. The predicted molar refractivity (Wildman–Crippen MR) is 78.5 cm³/mol. The van der Waals surface area contributed by atoms with E-state index >= 15 is 0 Å². The second kappa shape index (κ2) is 8.54. The number of nitrogens with two attached hydrogens (primary N) is 1. The van der Waals surface area contributed by atoms with Gasteiger partial charge in [-0.1, -0.05) is 6.07 Å². The lowest BCUT2D eigenvalue weighted by Crippen LogP contribution is -2.52. The highest BCUT2D eigenvalue weighted by Crippen LogP contribution is 2.12. The number of halogens is 2. The molecule has 0 saturated carbocycles. The van der Waals surface area contributed by atoms with Gasteiger partial charge in [-0.15, -0.1) is 0 Å². The highest BCUT2D eigenvalue weighted by atomic mass is 19.2. The van der Waals surface area contributed by atoms with E-state index in [9.17, 15) is 23.5 Å². The molecule has 1 aromatic rings. The van der Waals surface area contributed by atoms with E-state index in [0.717, 1.165) is 12.1 Å². The minimum atomic E-state index is -1.23. The van der Waals surface area contributed by atoms with Crippen molar-refractivity contribution in [3.63, 3.8) is 0 Å². The quantitative estimate of drug-likeness (QED) is 0.556. The van der Waals surface area contributed by atoms with Crippen molar-refractivity contribution in [1.82, 2.24) is 5.32 Å². The third kappa shape index (κ3) is 5.91. The van der Waals surface area contributed by atoms with Crippen LogP contribution in [0.25, 0.3) is 0 Å². The van der Waals surface area contributed by atoms with Crippen LogP contribution in [0.5, 0.6) is 0 Å². The average molecular weight is 330 g/mol. The van der Waals surface area contributed by atoms with Crippen molar-refractivity contribution in [2.45, 2.75) is 44.4 Å². The highest BCUT2D eigenvalue weighted by molar-refractivity contribution is 5.87. The first-order chi connectivity index (χ1) is 10.7. The third-order valence-electron chi connectivity index (χ3n) is 3.38. The molecule has 5 N–H and O–H groups in total. The van der Waals surface area contributed by atoms with Crippen LogP contribution in [-0.2, 0) is 16.0 Å². The Morgan fingerprint density at radius 3 is 2.48 bits per heavy atom. The summed E-state index contributed by atoms with van der Waals surface area (Å²) in [6, 6.07) is 1.08. The van der Waals surface area contributed by atoms with Gasteiger partial charge in [0.25, 0.3) is 0 Å². The van der Waals surface area contributed by atoms with Crippen LogP contribution in [0.15, 0.2) is 18.2 Å². The Balaban J connectivity index is 2.55. The number of nitrogens with one attached hydrogen (secondary N) is 1. The van der Waals surface area contributed by atoms with Crippen molar-refractivity contribution in [2.75, 3.05) is 0 Å². The maximum Gasteiger partial charge on any atom is 0.326 e. The van der Waals surface area contributed by atoms with E-state index in [4.69, 9.17) is 10.8 Å². The summed E-state index contributed by atoms with van der Waals surface area (Å²) in [5.74, 6) is -3.91. The summed E-state index contributed by atoms with van der Waals surface area (Å²) in [7, 11) is 0. The fourth-order valence-corrected chi connectivity index (χ4v) is 1.95. The maximum atomic E-state index is 13.1. The molecule has 23 heavy (non-hydrogen) atoms. The molecule has 0 spiro atoms. The minimum Gasteiger partial charge on any atom is -0.480 e. The minimum absolute atomic E-state index is 0.0899. The van der Waals surface area contributed by atoms with E-state index in [1.165, 1.54) is 13.0 Å². The summed E-state index contributed by atoms with van der Waals surface area (Å²) in [5, 5.41) is 20.6. The van der Waals surface area contributed by atoms with E-state index in [1.807, 2.05) is 0 Å². The summed E-state index contributed by atoms with van der Waals surface area (Å²) in [4.78, 5) is 22.8. The van der Waals surface area contributed by atoms with E-state index in [1.54, 1.807) is 0 Å². The Kier molecular flexibility index (Phi) is 7.05. The second-order valence-electron chi connectivity index (χ2n) is 5.31. The molecule has 0 saturated heterocycles. The zero-order valence-electron chi connectivity index (χ0n) is 12.6. The second-order valence-corrected chi connectivity index (χ2v) is 5.31. The van der Waals surface area contributed by atoms with Gasteiger partial charge in [-0.3, -0.25) is 4.79 Å². The number of hydrogen-bond acceptors (Lipinski definition) is 4. The monoisotopic (exact) mass is 330 g/mol. The Bertz CT molecular complexity index is 566. The van der Waals surface area contributed by atoms with Crippen molar-refractivity contribution in [3.05, 3.63) is 35.4 Å². The van der Waals surface area contributed by atoms with Crippen LogP contribution >= 0.6 is 0 Å². The summed E-state index contributed by atoms with van der Waals surface area (Å²) in [6.07, 6.45) is -0.343. The fourth-order valence-electron chi connectivity index (χ4n) is 1.95. The van der Waals surface area contributed by atoms with Crippen LogP contribution in [-0.4, -0.2) is 40.3 Å². The van der Waals surface area contributed by atoms with Crippen molar-refractivity contribution in [2.24, 2.45) is 5.73 Å². The maximum absolute atomic E-state index is 13.1. The van der Waals surface area contributed by atoms with Gasteiger partial charge in [0, 0.05) is 0 Å². The zero-order chi connectivity index (χ0) is 17.6. The summed E-state index contributed by atoms with van der Waals surface area (Å²) < 4.78 is 25.9. The van der Waals surface area contributed by atoms with Gasteiger partial charge in [0.1, 0.15) is 12.1 Å². The van der Waals surface area contributed by atoms with Gasteiger partial charge in [0.2, 0.25) is 5.91 Å². The molecule has 0 heterocycles. The highest BCUT2D eigenvalue weighted by Gasteiger charge is 2.25. The molecule has 3 atom stereocenters. The summed E-state index contributed by atoms with van der Waals surface area (Å²) in [5.41, 5.74) is 5.95. The molecule has 1 amide bonds. The van der Waals surface area contributed by atoms with Crippen molar-refractivity contribution in [3.8, 4) is 0 Å². The number of hydrogen-bond donors (Lipinski definition) is 4. The molecular formula is C15H20F2N2O4. The van der Waals surface area contributed by atoms with E-state index in [-0.39, 0.29) is 6.42 Å². The lowest BCUT2D eigenvalue weighted by Gasteiger charge is -2.19. The number of carboxylic acid groups (broad SMARTS) is 1. The fraction of sp³-hybridized carbons (Fsp3) is 0.467. The van der Waals surface area contributed by atoms with E-state index < -0.39 is 41.7 Å². The molecule has 1 aromatic carbocycles.